The molecule has 0 aliphatic carbocycles. The Morgan fingerprint density at radius 2 is 1.78 bits per heavy atom. The Bertz CT molecular complexity index is 796. The summed E-state index contributed by atoms with van der Waals surface area (Å²) in [5.41, 5.74) is 2.31. The molecule has 0 saturated carbocycles. The van der Waals surface area contributed by atoms with Crippen LogP contribution in [-0.4, -0.2) is 11.8 Å². The average Bonchev–Trinajstić information content (AvgIpc) is 3.20. The molecule has 0 saturated heterocycles. The van der Waals surface area contributed by atoms with Crippen molar-refractivity contribution >= 4 is 45.9 Å². The monoisotopic (exact) mass is 342 g/mol. The molecule has 0 bridgehead atoms. The number of carbonyl (C=O) groups excluding carboxylic acids is 2. The Balaban J connectivity index is 1.63. The molecule has 0 unspecified atom stereocenters. The summed E-state index contributed by atoms with van der Waals surface area (Å²) in [6.07, 6.45) is 0.343. The molecule has 2 amide bonds. The molecule has 0 aliphatic heterocycles. The third-order valence-corrected chi connectivity index (χ3v) is 4.69. The van der Waals surface area contributed by atoms with Crippen molar-refractivity contribution in [2.75, 3.05) is 10.6 Å². The topological polar surface area (TPSA) is 58.2 Å². The Kier molecular flexibility index (Phi) is 4.85. The fraction of sp³-hybridized carbons (Fsp3) is 0.0588. The highest BCUT2D eigenvalue weighted by molar-refractivity contribution is 7.12. The Morgan fingerprint density at radius 1 is 0.957 bits per heavy atom. The summed E-state index contributed by atoms with van der Waals surface area (Å²) in [6.45, 7) is 0. The lowest BCUT2D eigenvalue weighted by Crippen LogP contribution is -2.14. The Hall–Kier alpha value is -2.44. The number of thiophene rings is 2. The molecule has 0 atom stereocenters. The van der Waals surface area contributed by atoms with Gasteiger partial charge >= 0.3 is 0 Å². The van der Waals surface area contributed by atoms with Gasteiger partial charge in [-0.05, 0) is 52.0 Å². The molecule has 3 aromatic rings. The molecule has 4 nitrogen and oxygen atoms in total. The van der Waals surface area contributed by atoms with E-state index in [-0.39, 0.29) is 11.8 Å². The van der Waals surface area contributed by atoms with Crippen molar-refractivity contribution in [3.05, 3.63) is 69.0 Å². The van der Waals surface area contributed by atoms with E-state index in [1.807, 2.05) is 28.3 Å². The third kappa shape index (κ3) is 4.28. The van der Waals surface area contributed by atoms with Gasteiger partial charge in [-0.25, -0.2) is 0 Å². The molecule has 2 heterocycles. The van der Waals surface area contributed by atoms with Crippen LogP contribution >= 0.6 is 22.7 Å². The lowest BCUT2D eigenvalue weighted by atomic mass is 10.2. The summed E-state index contributed by atoms with van der Waals surface area (Å²) in [7, 11) is 0. The zero-order valence-corrected chi connectivity index (χ0v) is 13.7. The summed E-state index contributed by atoms with van der Waals surface area (Å²) in [5, 5.41) is 11.4. The van der Waals surface area contributed by atoms with Crippen molar-refractivity contribution in [1.82, 2.24) is 0 Å². The number of rotatable bonds is 5. The van der Waals surface area contributed by atoms with Crippen LogP contribution in [0.2, 0.25) is 0 Å². The van der Waals surface area contributed by atoms with Crippen molar-refractivity contribution in [3.63, 3.8) is 0 Å². The van der Waals surface area contributed by atoms with E-state index in [0.717, 1.165) is 5.56 Å². The SMILES string of the molecule is O=C(Cc1ccsc1)Nc1cccc(NC(=O)c2cccs2)c1. The first kappa shape index (κ1) is 15.5. The van der Waals surface area contributed by atoms with E-state index in [2.05, 4.69) is 10.6 Å². The summed E-state index contributed by atoms with van der Waals surface area (Å²) in [6, 6.07) is 12.7. The van der Waals surface area contributed by atoms with Crippen LogP contribution in [0.25, 0.3) is 0 Å². The number of amides is 2. The molecule has 2 aromatic heterocycles. The maximum atomic E-state index is 12.0. The second-order valence-corrected chi connectivity index (χ2v) is 6.60. The highest BCUT2D eigenvalue weighted by Gasteiger charge is 2.08. The van der Waals surface area contributed by atoms with Gasteiger partial charge < -0.3 is 10.6 Å². The standard InChI is InChI=1S/C17H14N2O2S2/c20-16(9-12-6-8-22-11-12)18-13-3-1-4-14(10-13)19-17(21)15-5-2-7-23-15/h1-8,10-11H,9H2,(H,18,20)(H,19,21). The van der Waals surface area contributed by atoms with Gasteiger partial charge in [-0.2, -0.15) is 11.3 Å². The van der Waals surface area contributed by atoms with E-state index in [1.165, 1.54) is 11.3 Å². The fourth-order valence-corrected chi connectivity index (χ4v) is 3.35. The molecule has 23 heavy (non-hydrogen) atoms. The zero-order chi connectivity index (χ0) is 16.1. The lowest BCUT2D eigenvalue weighted by molar-refractivity contribution is -0.115. The van der Waals surface area contributed by atoms with Gasteiger partial charge in [-0.15, -0.1) is 11.3 Å². The van der Waals surface area contributed by atoms with Crippen molar-refractivity contribution < 1.29 is 9.59 Å². The summed E-state index contributed by atoms with van der Waals surface area (Å²) >= 11 is 2.96. The van der Waals surface area contributed by atoms with Crippen LogP contribution in [0, 0.1) is 0 Å². The van der Waals surface area contributed by atoms with Crippen LogP contribution in [0.3, 0.4) is 0 Å². The summed E-state index contributed by atoms with van der Waals surface area (Å²) < 4.78 is 0. The molecule has 6 heteroatoms. The van der Waals surface area contributed by atoms with Gasteiger partial charge in [-0.1, -0.05) is 12.1 Å². The smallest absolute Gasteiger partial charge is 0.265 e. The minimum absolute atomic E-state index is 0.0786. The van der Waals surface area contributed by atoms with E-state index in [1.54, 1.807) is 41.7 Å². The largest absolute Gasteiger partial charge is 0.326 e. The van der Waals surface area contributed by atoms with Gasteiger partial charge in [0.15, 0.2) is 0 Å². The van der Waals surface area contributed by atoms with Gasteiger partial charge in [-0.3, -0.25) is 9.59 Å². The molecular weight excluding hydrogens is 328 g/mol. The molecule has 116 valence electrons. The number of nitrogens with one attached hydrogen (secondary N) is 2. The van der Waals surface area contributed by atoms with Crippen LogP contribution < -0.4 is 10.6 Å². The molecule has 0 radical (unpaired) electrons. The van der Waals surface area contributed by atoms with E-state index >= 15 is 0 Å². The van der Waals surface area contributed by atoms with Gasteiger partial charge in [0.2, 0.25) is 5.91 Å². The van der Waals surface area contributed by atoms with Gasteiger partial charge in [0.25, 0.3) is 5.91 Å². The normalized spacial score (nSPS) is 10.3. The van der Waals surface area contributed by atoms with Gasteiger partial charge in [0.05, 0.1) is 11.3 Å². The number of benzene rings is 1. The molecule has 0 aliphatic rings. The summed E-state index contributed by atoms with van der Waals surface area (Å²) in [4.78, 5) is 24.7. The highest BCUT2D eigenvalue weighted by Crippen LogP contribution is 2.18. The summed E-state index contributed by atoms with van der Waals surface area (Å²) in [5.74, 6) is -0.230. The maximum absolute atomic E-state index is 12.0. The quantitative estimate of drug-likeness (QED) is 0.728. The minimum atomic E-state index is -0.151. The number of hydrogen-bond donors (Lipinski definition) is 2. The van der Waals surface area contributed by atoms with Crippen LogP contribution in [0.15, 0.2) is 58.6 Å². The molecular formula is C17H14N2O2S2. The molecule has 0 spiro atoms. The van der Waals surface area contributed by atoms with Crippen LogP contribution in [0.5, 0.6) is 0 Å². The first-order chi connectivity index (χ1) is 11.2. The van der Waals surface area contributed by atoms with E-state index < -0.39 is 0 Å². The van der Waals surface area contributed by atoms with Crippen LogP contribution in [-0.2, 0) is 11.2 Å². The van der Waals surface area contributed by atoms with Crippen LogP contribution in [0.4, 0.5) is 11.4 Å². The average molecular weight is 342 g/mol. The van der Waals surface area contributed by atoms with E-state index in [9.17, 15) is 9.59 Å². The zero-order valence-electron chi connectivity index (χ0n) is 12.1. The Labute approximate surface area is 141 Å². The number of carbonyl (C=O) groups is 2. The van der Waals surface area contributed by atoms with Crippen molar-refractivity contribution in [2.45, 2.75) is 6.42 Å². The first-order valence-electron chi connectivity index (χ1n) is 6.96. The number of hydrogen-bond acceptors (Lipinski definition) is 4. The fourth-order valence-electron chi connectivity index (χ4n) is 2.06. The van der Waals surface area contributed by atoms with Gasteiger partial charge in [0, 0.05) is 11.4 Å². The Morgan fingerprint density at radius 3 is 2.48 bits per heavy atom. The predicted molar refractivity (Wildman–Crippen MR) is 95.4 cm³/mol. The molecule has 2 N–H and O–H groups in total. The minimum Gasteiger partial charge on any atom is -0.326 e. The second kappa shape index (κ2) is 7.21. The van der Waals surface area contributed by atoms with E-state index in [4.69, 9.17) is 0 Å². The molecule has 0 fully saturated rings. The van der Waals surface area contributed by atoms with Crippen molar-refractivity contribution in [2.24, 2.45) is 0 Å². The highest BCUT2D eigenvalue weighted by atomic mass is 32.1. The van der Waals surface area contributed by atoms with Crippen LogP contribution in [0.1, 0.15) is 15.2 Å². The second-order valence-electron chi connectivity index (χ2n) is 4.87. The predicted octanol–water partition coefficient (Wildman–Crippen LogP) is 4.24. The number of anilines is 2. The van der Waals surface area contributed by atoms with Crippen molar-refractivity contribution in [1.29, 1.82) is 0 Å². The van der Waals surface area contributed by atoms with E-state index in [0.29, 0.717) is 22.7 Å². The molecule has 1 aromatic carbocycles. The first-order valence-corrected chi connectivity index (χ1v) is 8.79. The van der Waals surface area contributed by atoms with Crippen molar-refractivity contribution in [3.8, 4) is 0 Å². The lowest BCUT2D eigenvalue weighted by Gasteiger charge is -2.08. The third-order valence-electron chi connectivity index (χ3n) is 3.09. The molecule has 3 rings (SSSR count). The maximum Gasteiger partial charge on any atom is 0.265 e. The van der Waals surface area contributed by atoms with Gasteiger partial charge in [0.1, 0.15) is 0 Å².